The molecule has 0 radical (unpaired) electrons. The molecular weight excluding hydrogens is 262 g/mol. The standard InChI is InChI=1S/C16H21N5/c1-2-4-14-11-20(9-6-13(14)3-1)12-16-19-18-15-5-7-17-8-10-21(15)16/h1-4,17H,5-12H2. The van der Waals surface area contributed by atoms with Crippen molar-refractivity contribution in [2.45, 2.75) is 32.5 Å². The zero-order valence-electron chi connectivity index (χ0n) is 12.3. The normalized spacial score (nSPS) is 18.9. The van der Waals surface area contributed by atoms with Crippen LogP contribution in [0.15, 0.2) is 24.3 Å². The molecule has 21 heavy (non-hydrogen) atoms. The predicted octanol–water partition coefficient (Wildman–Crippen LogP) is 0.982. The molecule has 5 heteroatoms. The maximum absolute atomic E-state index is 4.43. The van der Waals surface area contributed by atoms with Crippen molar-refractivity contribution in [3.05, 3.63) is 47.0 Å². The summed E-state index contributed by atoms with van der Waals surface area (Å²) in [6, 6.07) is 8.77. The maximum atomic E-state index is 4.43. The van der Waals surface area contributed by atoms with Crippen molar-refractivity contribution < 1.29 is 0 Å². The van der Waals surface area contributed by atoms with Crippen molar-refractivity contribution in [1.82, 2.24) is 25.0 Å². The molecule has 0 saturated carbocycles. The Morgan fingerprint density at radius 3 is 2.86 bits per heavy atom. The summed E-state index contributed by atoms with van der Waals surface area (Å²) >= 11 is 0. The molecule has 2 aliphatic rings. The van der Waals surface area contributed by atoms with Crippen LogP contribution in [-0.2, 0) is 32.5 Å². The molecule has 0 unspecified atom stereocenters. The monoisotopic (exact) mass is 283 g/mol. The van der Waals surface area contributed by atoms with Crippen LogP contribution in [0.2, 0.25) is 0 Å². The van der Waals surface area contributed by atoms with Crippen molar-refractivity contribution in [3.8, 4) is 0 Å². The van der Waals surface area contributed by atoms with Gasteiger partial charge in [0, 0.05) is 39.1 Å². The van der Waals surface area contributed by atoms with Crippen LogP contribution in [-0.4, -0.2) is 39.3 Å². The Morgan fingerprint density at radius 1 is 1.00 bits per heavy atom. The van der Waals surface area contributed by atoms with Crippen molar-refractivity contribution in [2.24, 2.45) is 0 Å². The molecule has 3 heterocycles. The molecule has 0 atom stereocenters. The third kappa shape index (κ3) is 2.59. The van der Waals surface area contributed by atoms with Gasteiger partial charge in [0.1, 0.15) is 11.6 Å². The first-order valence-electron chi connectivity index (χ1n) is 7.81. The van der Waals surface area contributed by atoms with E-state index in [1.807, 2.05) is 0 Å². The highest BCUT2D eigenvalue weighted by molar-refractivity contribution is 5.29. The maximum Gasteiger partial charge on any atom is 0.147 e. The average molecular weight is 283 g/mol. The first-order chi connectivity index (χ1) is 10.4. The fraction of sp³-hybridized carbons (Fsp3) is 0.500. The molecule has 0 spiro atoms. The van der Waals surface area contributed by atoms with Gasteiger partial charge in [-0.2, -0.15) is 0 Å². The molecule has 0 aliphatic carbocycles. The summed E-state index contributed by atoms with van der Waals surface area (Å²) in [4.78, 5) is 2.48. The largest absolute Gasteiger partial charge is 0.315 e. The molecule has 0 saturated heterocycles. The lowest BCUT2D eigenvalue weighted by atomic mass is 10.00. The van der Waals surface area contributed by atoms with E-state index < -0.39 is 0 Å². The molecule has 0 amide bonds. The van der Waals surface area contributed by atoms with Gasteiger partial charge in [-0.25, -0.2) is 0 Å². The van der Waals surface area contributed by atoms with Crippen molar-refractivity contribution >= 4 is 0 Å². The lowest BCUT2D eigenvalue weighted by Crippen LogP contribution is -2.31. The van der Waals surface area contributed by atoms with Gasteiger partial charge in [0.2, 0.25) is 0 Å². The van der Waals surface area contributed by atoms with Gasteiger partial charge in [-0.3, -0.25) is 4.90 Å². The van der Waals surface area contributed by atoms with Gasteiger partial charge in [0.25, 0.3) is 0 Å². The molecule has 2 aliphatic heterocycles. The van der Waals surface area contributed by atoms with Crippen LogP contribution in [0.3, 0.4) is 0 Å². The molecule has 4 rings (SSSR count). The highest BCUT2D eigenvalue weighted by atomic mass is 15.3. The Morgan fingerprint density at radius 2 is 1.90 bits per heavy atom. The van der Waals surface area contributed by atoms with E-state index in [4.69, 9.17) is 0 Å². The van der Waals surface area contributed by atoms with Crippen molar-refractivity contribution in [2.75, 3.05) is 19.6 Å². The van der Waals surface area contributed by atoms with Gasteiger partial charge in [0.05, 0.1) is 6.54 Å². The zero-order chi connectivity index (χ0) is 14.1. The predicted molar refractivity (Wildman–Crippen MR) is 80.9 cm³/mol. The van der Waals surface area contributed by atoms with E-state index in [-0.39, 0.29) is 0 Å². The minimum atomic E-state index is 0.904. The minimum absolute atomic E-state index is 0.904. The summed E-state index contributed by atoms with van der Waals surface area (Å²) < 4.78 is 2.31. The van der Waals surface area contributed by atoms with E-state index in [0.717, 1.165) is 63.8 Å². The third-order valence-corrected chi connectivity index (χ3v) is 4.52. The van der Waals surface area contributed by atoms with Crippen molar-refractivity contribution in [1.29, 1.82) is 0 Å². The Bertz CT molecular complexity index is 633. The molecule has 2 aromatic rings. The Balaban J connectivity index is 1.51. The van der Waals surface area contributed by atoms with E-state index in [0.29, 0.717) is 0 Å². The van der Waals surface area contributed by atoms with Crippen LogP contribution in [0, 0.1) is 0 Å². The van der Waals surface area contributed by atoms with E-state index in [9.17, 15) is 0 Å². The number of aromatic nitrogens is 3. The SMILES string of the molecule is c1ccc2c(c1)CCN(Cc1nnc3n1CCNCC3)C2. The third-order valence-electron chi connectivity index (χ3n) is 4.52. The summed E-state index contributed by atoms with van der Waals surface area (Å²) in [5, 5.41) is 12.2. The number of fused-ring (bicyclic) bond motifs is 2. The number of hydrogen-bond donors (Lipinski definition) is 1. The molecule has 110 valence electrons. The van der Waals surface area contributed by atoms with Gasteiger partial charge in [0.15, 0.2) is 0 Å². The van der Waals surface area contributed by atoms with Crippen LogP contribution in [0.1, 0.15) is 22.8 Å². The summed E-state index contributed by atoms with van der Waals surface area (Å²) in [6.07, 6.45) is 2.12. The second kappa shape index (κ2) is 5.58. The highest BCUT2D eigenvalue weighted by Gasteiger charge is 2.20. The average Bonchev–Trinajstić information content (AvgIpc) is 2.75. The fourth-order valence-corrected chi connectivity index (χ4v) is 3.34. The Kier molecular flexibility index (Phi) is 3.45. The Hall–Kier alpha value is -1.72. The van der Waals surface area contributed by atoms with Crippen LogP contribution in [0.5, 0.6) is 0 Å². The van der Waals surface area contributed by atoms with Gasteiger partial charge < -0.3 is 9.88 Å². The van der Waals surface area contributed by atoms with Gasteiger partial charge in [-0.05, 0) is 17.5 Å². The second-order valence-corrected chi connectivity index (χ2v) is 5.91. The smallest absolute Gasteiger partial charge is 0.147 e. The minimum Gasteiger partial charge on any atom is -0.315 e. The van der Waals surface area contributed by atoms with Gasteiger partial charge in [-0.15, -0.1) is 10.2 Å². The summed E-state index contributed by atoms with van der Waals surface area (Å²) in [5.41, 5.74) is 2.96. The summed E-state index contributed by atoms with van der Waals surface area (Å²) in [5.74, 6) is 2.25. The van der Waals surface area contributed by atoms with Crippen LogP contribution in [0.4, 0.5) is 0 Å². The number of rotatable bonds is 2. The van der Waals surface area contributed by atoms with E-state index in [1.54, 1.807) is 0 Å². The van der Waals surface area contributed by atoms with Gasteiger partial charge >= 0.3 is 0 Å². The highest BCUT2D eigenvalue weighted by Crippen LogP contribution is 2.20. The van der Waals surface area contributed by atoms with Crippen LogP contribution >= 0.6 is 0 Å². The first-order valence-corrected chi connectivity index (χ1v) is 7.81. The van der Waals surface area contributed by atoms with E-state index in [1.165, 1.54) is 11.1 Å². The van der Waals surface area contributed by atoms with E-state index in [2.05, 4.69) is 49.2 Å². The fourth-order valence-electron chi connectivity index (χ4n) is 3.34. The molecular formula is C16H21N5. The number of nitrogens with one attached hydrogen (secondary N) is 1. The van der Waals surface area contributed by atoms with Crippen LogP contribution < -0.4 is 5.32 Å². The molecule has 1 aromatic carbocycles. The molecule has 1 N–H and O–H groups in total. The summed E-state index contributed by atoms with van der Waals surface area (Å²) in [7, 11) is 0. The topological polar surface area (TPSA) is 46.0 Å². The Labute approximate surface area is 125 Å². The second-order valence-electron chi connectivity index (χ2n) is 5.91. The lowest BCUT2D eigenvalue weighted by molar-refractivity contribution is 0.235. The van der Waals surface area contributed by atoms with Crippen molar-refractivity contribution in [3.63, 3.8) is 0 Å². The van der Waals surface area contributed by atoms with E-state index >= 15 is 0 Å². The summed E-state index contributed by atoms with van der Waals surface area (Å²) in [6.45, 7) is 6.05. The molecule has 0 bridgehead atoms. The number of benzene rings is 1. The zero-order valence-corrected chi connectivity index (χ0v) is 12.3. The number of nitrogens with zero attached hydrogens (tertiary/aromatic N) is 4. The first kappa shape index (κ1) is 13.0. The molecule has 0 fully saturated rings. The lowest BCUT2D eigenvalue weighted by Gasteiger charge is -2.28. The van der Waals surface area contributed by atoms with Crippen LogP contribution in [0.25, 0.3) is 0 Å². The quantitative estimate of drug-likeness (QED) is 0.892. The van der Waals surface area contributed by atoms with Gasteiger partial charge in [-0.1, -0.05) is 24.3 Å². The molecule has 5 nitrogen and oxygen atoms in total. The number of hydrogen-bond acceptors (Lipinski definition) is 4. The molecule has 1 aromatic heterocycles.